The second-order valence-electron chi connectivity index (χ2n) is 17.0. The highest BCUT2D eigenvalue weighted by atomic mass is 16.3. The average Bonchev–Trinajstić information content (AvgIpc) is 3.01. The van der Waals surface area contributed by atoms with Gasteiger partial charge in [-0.1, -0.05) is 67.4 Å². The monoisotopic (exact) mass is 778 g/mol. The third-order valence-corrected chi connectivity index (χ3v) is 10.7. The van der Waals surface area contributed by atoms with Crippen molar-refractivity contribution < 1.29 is 10.2 Å². The van der Waals surface area contributed by atoms with E-state index in [1.807, 2.05) is 27.9 Å². The fourth-order valence-corrected chi connectivity index (χ4v) is 6.14. The van der Waals surface area contributed by atoms with E-state index in [9.17, 15) is 0 Å². The summed E-state index contributed by atoms with van der Waals surface area (Å²) in [5.41, 5.74) is 1.21. The summed E-state index contributed by atoms with van der Waals surface area (Å²) in [6, 6.07) is 0. The molecule has 0 aliphatic carbocycles. The van der Waals surface area contributed by atoms with Crippen LogP contribution in [0.2, 0.25) is 0 Å². The van der Waals surface area contributed by atoms with Gasteiger partial charge in [-0.15, -0.1) is 0 Å². The molecule has 11 heteroatoms. The number of nitrogens with zero attached hydrogens (tertiary/aromatic N) is 8. The number of nitrogens with one attached hydrogen (secondary N) is 1. The fraction of sp³-hybridized carbons (Fsp3) is 0.818. The van der Waals surface area contributed by atoms with E-state index >= 15 is 0 Å². The van der Waals surface area contributed by atoms with Crippen LogP contribution in [0.25, 0.3) is 0 Å². The molecule has 4 fully saturated rings. The molecule has 4 heterocycles. The second kappa shape index (κ2) is 29.6. The highest BCUT2D eigenvalue weighted by molar-refractivity contribution is 4.98. The molecule has 4 saturated heterocycles. The lowest BCUT2D eigenvalue weighted by molar-refractivity contribution is 0.143. The molecule has 55 heavy (non-hydrogen) atoms. The summed E-state index contributed by atoms with van der Waals surface area (Å²) in [6.07, 6.45) is 6.53. The van der Waals surface area contributed by atoms with E-state index in [4.69, 9.17) is 10.2 Å². The highest BCUT2D eigenvalue weighted by Gasteiger charge is 2.21. The third kappa shape index (κ3) is 22.7. The quantitative estimate of drug-likeness (QED) is 0.153. The zero-order chi connectivity index (χ0) is 42.1. The van der Waals surface area contributed by atoms with Gasteiger partial charge in [0, 0.05) is 119 Å². The smallest absolute Gasteiger partial charge is 0.0962 e. The third-order valence-electron chi connectivity index (χ3n) is 10.7. The van der Waals surface area contributed by atoms with Crippen LogP contribution in [0.3, 0.4) is 0 Å². The first-order valence-electron chi connectivity index (χ1n) is 21.3. The highest BCUT2D eigenvalue weighted by Crippen LogP contribution is 2.18. The van der Waals surface area contributed by atoms with Crippen LogP contribution in [-0.4, -0.2) is 190 Å². The average molecular weight is 778 g/mol. The molecule has 0 aromatic carbocycles. The molecule has 4 atom stereocenters. The molecule has 0 radical (unpaired) electrons. The maximum Gasteiger partial charge on any atom is 0.0962 e. The first-order valence-corrected chi connectivity index (χ1v) is 21.3. The minimum Gasteiger partial charge on any atom is -0.396 e. The minimum absolute atomic E-state index is 0.248. The molecule has 0 aromatic heterocycles. The van der Waals surface area contributed by atoms with Crippen molar-refractivity contribution in [3.8, 4) is 0 Å². The molecule has 11 nitrogen and oxygen atoms in total. The van der Waals surface area contributed by atoms with Gasteiger partial charge in [-0.25, -0.2) is 0 Å². The molecule has 0 spiro atoms. The predicted molar refractivity (Wildman–Crippen MR) is 238 cm³/mol. The summed E-state index contributed by atoms with van der Waals surface area (Å²) < 4.78 is 0. The van der Waals surface area contributed by atoms with Crippen molar-refractivity contribution in [2.75, 3.05) is 141 Å². The molecule has 324 valence electrons. The van der Waals surface area contributed by atoms with E-state index in [0.29, 0.717) is 17.8 Å². The molecule has 0 aromatic rings. The SMILES string of the molecule is C=C(C)N1CCC1.C=C(N(C)CC(C)CC)N1CCC1.C=C(N(C)CC(C)CN(C)C)N1CCC1.C=C(N(C)CC(C)CO)N1CCC1.CNCC(C)CO. The summed E-state index contributed by atoms with van der Waals surface area (Å²) in [6.45, 7) is 44.2. The first-order chi connectivity index (χ1) is 25.9. The number of likely N-dealkylation sites (tertiary alicyclic amines) is 4. The van der Waals surface area contributed by atoms with E-state index in [0.717, 1.165) is 57.6 Å². The number of aliphatic hydroxyl groups excluding tert-OH is 2. The normalized spacial score (nSPS) is 17.4. The Balaban J connectivity index is 0.000000683. The molecule has 4 rings (SSSR count). The van der Waals surface area contributed by atoms with Crippen LogP contribution in [-0.2, 0) is 0 Å². The Morgan fingerprint density at radius 3 is 1.07 bits per heavy atom. The van der Waals surface area contributed by atoms with E-state index in [1.54, 1.807) is 0 Å². The number of allylic oxidation sites excluding steroid dienone is 1. The van der Waals surface area contributed by atoms with Crippen molar-refractivity contribution in [1.29, 1.82) is 0 Å². The molecular weight excluding hydrogens is 687 g/mol. The van der Waals surface area contributed by atoms with Gasteiger partial charge in [0.25, 0.3) is 0 Å². The molecule has 3 N–H and O–H groups in total. The summed E-state index contributed by atoms with van der Waals surface area (Å²) in [4.78, 5) is 18.2. The Hall–Kier alpha value is -2.60. The van der Waals surface area contributed by atoms with Gasteiger partial charge in [-0.3, -0.25) is 0 Å². The zero-order valence-electron chi connectivity index (χ0n) is 38.3. The van der Waals surface area contributed by atoms with Gasteiger partial charge in [-0.2, -0.15) is 0 Å². The maximum atomic E-state index is 8.91. The van der Waals surface area contributed by atoms with Crippen LogP contribution in [0.5, 0.6) is 0 Å². The van der Waals surface area contributed by atoms with Crippen LogP contribution < -0.4 is 5.32 Å². The maximum absolute atomic E-state index is 8.91. The molecule has 4 aliphatic heterocycles. The van der Waals surface area contributed by atoms with Crippen molar-refractivity contribution in [2.24, 2.45) is 23.7 Å². The Morgan fingerprint density at radius 1 is 0.545 bits per heavy atom. The predicted octanol–water partition coefficient (Wildman–Crippen LogP) is 5.22. The van der Waals surface area contributed by atoms with E-state index < -0.39 is 0 Å². The van der Waals surface area contributed by atoms with Crippen LogP contribution in [0.4, 0.5) is 0 Å². The largest absolute Gasteiger partial charge is 0.396 e. The van der Waals surface area contributed by atoms with Gasteiger partial charge in [-0.05, 0) is 84.0 Å². The molecule has 0 bridgehead atoms. The molecular formula is C44H91N9O2. The summed E-state index contributed by atoms with van der Waals surface area (Å²) in [7, 11) is 12.5. The van der Waals surface area contributed by atoms with Crippen molar-refractivity contribution in [3.05, 3.63) is 49.5 Å². The Bertz CT molecular complexity index is 1000. The lowest BCUT2D eigenvalue weighted by atomic mass is 10.1. The summed E-state index contributed by atoms with van der Waals surface area (Å²) in [5, 5.41) is 20.3. The van der Waals surface area contributed by atoms with Gasteiger partial charge in [0.15, 0.2) is 0 Å². The topological polar surface area (TPSA) is 78.4 Å². The Labute approximate surface area is 341 Å². The van der Waals surface area contributed by atoms with E-state index in [2.05, 4.69) is 127 Å². The number of aliphatic hydroxyl groups is 2. The zero-order valence-corrected chi connectivity index (χ0v) is 38.3. The minimum atomic E-state index is 0.248. The Morgan fingerprint density at radius 2 is 0.873 bits per heavy atom. The van der Waals surface area contributed by atoms with Crippen molar-refractivity contribution in [3.63, 3.8) is 0 Å². The van der Waals surface area contributed by atoms with E-state index in [-0.39, 0.29) is 13.2 Å². The number of rotatable bonds is 20. The molecule has 0 saturated carbocycles. The molecule has 4 aliphatic rings. The van der Waals surface area contributed by atoms with Crippen LogP contribution in [0.1, 0.15) is 73.6 Å². The summed E-state index contributed by atoms with van der Waals surface area (Å²) >= 11 is 0. The van der Waals surface area contributed by atoms with Crippen LogP contribution in [0.15, 0.2) is 49.5 Å². The van der Waals surface area contributed by atoms with Crippen molar-refractivity contribution in [2.45, 2.75) is 73.6 Å². The summed E-state index contributed by atoms with van der Waals surface area (Å²) in [5.74, 6) is 5.64. The van der Waals surface area contributed by atoms with Gasteiger partial charge in [0.2, 0.25) is 0 Å². The number of hydrogen-bond acceptors (Lipinski definition) is 11. The van der Waals surface area contributed by atoms with E-state index in [1.165, 1.54) is 88.7 Å². The fourth-order valence-electron chi connectivity index (χ4n) is 6.14. The number of hydrogen-bond donors (Lipinski definition) is 3. The van der Waals surface area contributed by atoms with Crippen LogP contribution in [0, 0.1) is 23.7 Å². The standard InChI is InChI=1S/C12H25N3.C11H22N2.C10H20N2O.C6H11N.C5H13NO/c1-11(9-13(3)4)10-14(5)12(2)15-7-6-8-15;1-5-10(2)9-12(4)11(3)13-7-6-8-13;1-9(8-13)7-11(3)10(2)12-5-4-6-12;1-6(2)7-4-3-5-7;1-5(4-7)3-6-2/h11H,2,6-10H2,1,3-5H3;10H,3,5-9H2,1-2,4H3;9,13H,2,4-8H2,1,3H3;1,3-5H2,2H3;5-7H,3-4H2,1-2H3. The van der Waals surface area contributed by atoms with Gasteiger partial charge in [0.1, 0.15) is 0 Å². The second-order valence-corrected chi connectivity index (χ2v) is 17.0. The van der Waals surface area contributed by atoms with Gasteiger partial charge in [0.05, 0.1) is 17.5 Å². The molecule has 0 amide bonds. The van der Waals surface area contributed by atoms with Crippen molar-refractivity contribution >= 4 is 0 Å². The van der Waals surface area contributed by atoms with Gasteiger partial charge >= 0.3 is 0 Å². The molecule has 4 unspecified atom stereocenters. The lowest BCUT2D eigenvalue weighted by Crippen LogP contribution is -2.43. The Kier molecular flexibility index (Phi) is 28.2. The lowest BCUT2D eigenvalue weighted by Gasteiger charge is -2.40. The van der Waals surface area contributed by atoms with Gasteiger partial charge < -0.3 is 54.7 Å². The van der Waals surface area contributed by atoms with Crippen LogP contribution >= 0.6 is 0 Å². The first kappa shape index (κ1) is 52.4. The van der Waals surface area contributed by atoms with Crippen molar-refractivity contribution in [1.82, 2.24) is 44.5 Å².